The summed E-state index contributed by atoms with van der Waals surface area (Å²) in [6, 6.07) is 6.69. The molecule has 0 spiro atoms. The van der Waals surface area contributed by atoms with Crippen LogP contribution in [0, 0.1) is 0 Å². The van der Waals surface area contributed by atoms with E-state index in [1.807, 2.05) is 27.7 Å². The molecule has 1 fully saturated rings. The van der Waals surface area contributed by atoms with Crippen LogP contribution in [0.25, 0.3) is 0 Å². The number of hydrogen-bond donors (Lipinski definition) is 0. The largest absolute Gasteiger partial charge is 0.525 e. The van der Waals surface area contributed by atoms with Gasteiger partial charge in [0.15, 0.2) is 0 Å². The number of amides is 2. The standard InChI is InChI=1S/C19H23BFNO4/c1-12(15(21)20-25-18(2,3)19(4,5)26-20)10-11-22-16(23)13-8-6-7-9-14(13)17(22)24/h6-9H,10-11H2,1-5H3. The van der Waals surface area contributed by atoms with Gasteiger partial charge in [-0.1, -0.05) is 12.1 Å². The maximum atomic E-state index is 14.8. The van der Waals surface area contributed by atoms with Gasteiger partial charge in [-0.3, -0.25) is 14.5 Å². The Bertz CT molecular complexity index is 751. The first-order chi connectivity index (χ1) is 12.0. The third-order valence-electron chi connectivity index (χ3n) is 5.46. The summed E-state index contributed by atoms with van der Waals surface area (Å²) in [7, 11) is -1.07. The Balaban J connectivity index is 1.70. The van der Waals surface area contributed by atoms with Crippen LogP contribution >= 0.6 is 0 Å². The molecule has 5 nitrogen and oxygen atoms in total. The van der Waals surface area contributed by atoms with Gasteiger partial charge in [0.05, 0.1) is 22.3 Å². The van der Waals surface area contributed by atoms with Gasteiger partial charge in [-0.2, -0.15) is 0 Å². The lowest BCUT2D eigenvalue weighted by Crippen LogP contribution is -2.41. The molecular weight excluding hydrogens is 336 g/mol. The highest BCUT2D eigenvalue weighted by Crippen LogP contribution is 2.39. The fourth-order valence-electron chi connectivity index (χ4n) is 2.99. The van der Waals surface area contributed by atoms with E-state index < -0.39 is 24.0 Å². The van der Waals surface area contributed by atoms with Gasteiger partial charge in [0.2, 0.25) is 0 Å². The van der Waals surface area contributed by atoms with Crippen molar-refractivity contribution in [3.05, 3.63) is 46.7 Å². The average Bonchev–Trinajstić information content (AvgIpc) is 2.95. The molecule has 2 heterocycles. The molecule has 138 valence electrons. The maximum absolute atomic E-state index is 14.8. The lowest BCUT2D eigenvalue weighted by atomic mass is 9.84. The minimum atomic E-state index is -1.07. The summed E-state index contributed by atoms with van der Waals surface area (Å²) < 4.78 is 26.2. The summed E-state index contributed by atoms with van der Waals surface area (Å²) in [5, 5.41) is 0. The molecule has 0 aliphatic carbocycles. The molecular formula is C19H23BFNO4. The van der Waals surface area contributed by atoms with Gasteiger partial charge in [-0.05, 0) is 58.7 Å². The van der Waals surface area contributed by atoms with E-state index in [0.717, 1.165) is 4.90 Å². The highest BCUT2D eigenvalue weighted by molar-refractivity contribution is 6.53. The van der Waals surface area contributed by atoms with Crippen molar-refractivity contribution in [3.63, 3.8) is 0 Å². The van der Waals surface area contributed by atoms with Gasteiger partial charge in [0, 0.05) is 6.54 Å². The van der Waals surface area contributed by atoms with Crippen LogP contribution in [0.1, 0.15) is 61.8 Å². The second kappa shape index (κ2) is 6.32. The van der Waals surface area contributed by atoms with Crippen LogP contribution in [-0.2, 0) is 9.31 Å². The van der Waals surface area contributed by atoms with Crippen LogP contribution in [0.3, 0.4) is 0 Å². The molecule has 1 aromatic carbocycles. The molecule has 0 N–H and O–H groups in total. The van der Waals surface area contributed by atoms with E-state index >= 15 is 0 Å². The fourth-order valence-corrected chi connectivity index (χ4v) is 2.99. The van der Waals surface area contributed by atoms with Gasteiger partial charge in [0.25, 0.3) is 11.8 Å². The fraction of sp³-hybridized carbons (Fsp3) is 0.474. The Morgan fingerprint density at radius 3 is 1.96 bits per heavy atom. The van der Waals surface area contributed by atoms with Crippen LogP contribution in [0.2, 0.25) is 0 Å². The molecule has 2 aliphatic heterocycles. The van der Waals surface area contributed by atoms with Gasteiger partial charge in [-0.25, -0.2) is 4.39 Å². The molecule has 7 heteroatoms. The lowest BCUT2D eigenvalue weighted by Gasteiger charge is -2.32. The number of fused-ring (bicyclic) bond motifs is 1. The zero-order chi connectivity index (χ0) is 19.3. The molecule has 3 rings (SSSR count). The van der Waals surface area contributed by atoms with Crippen LogP contribution in [0.15, 0.2) is 35.6 Å². The van der Waals surface area contributed by atoms with E-state index in [1.165, 1.54) is 0 Å². The zero-order valence-corrected chi connectivity index (χ0v) is 15.8. The summed E-state index contributed by atoms with van der Waals surface area (Å²) in [5.74, 6) is -0.677. The summed E-state index contributed by atoms with van der Waals surface area (Å²) in [4.78, 5) is 25.9. The molecule has 0 aromatic heterocycles. The first-order valence-electron chi connectivity index (χ1n) is 8.71. The van der Waals surface area contributed by atoms with Crippen LogP contribution in [-0.4, -0.2) is 41.6 Å². The van der Waals surface area contributed by atoms with Crippen LogP contribution in [0.4, 0.5) is 4.39 Å². The zero-order valence-electron chi connectivity index (χ0n) is 15.8. The molecule has 0 saturated carbocycles. The van der Waals surface area contributed by atoms with Gasteiger partial charge >= 0.3 is 7.12 Å². The van der Waals surface area contributed by atoms with Gasteiger partial charge < -0.3 is 9.31 Å². The first-order valence-corrected chi connectivity index (χ1v) is 8.71. The Morgan fingerprint density at radius 1 is 1.04 bits per heavy atom. The number of nitrogens with zero attached hydrogens (tertiary/aromatic N) is 1. The van der Waals surface area contributed by atoms with Crippen molar-refractivity contribution in [3.8, 4) is 0 Å². The molecule has 1 aromatic rings. The van der Waals surface area contributed by atoms with Crippen molar-refractivity contribution in [1.29, 1.82) is 0 Å². The third-order valence-corrected chi connectivity index (χ3v) is 5.46. The molecule has 2 amide bonds. The lowest BCUT2D eigenvalue weighted by molar-refractivity contribution is 0.00578. The predicted octanol–water partition coefficient (Wildman–Crippen LogP) is 3.55. The van der Waals surface area contributed by atoms with Gasteiger partial charge in [0.1, 0.15) is 5.73 Å². The number of benzene rings is 1. The molecule has 26 heavy (non-hydrogen) atoms. The minimum Gasteiger partial charge on any atom is -0.398 e. The van der Waals surface area contributed by atoms with Crippen LogP contribution < -0.4 is 0 Å². The van der Waals surface area contributed by atoms with Crippen LogP contribution in [0.5, 0.6) is 0 Å². The van der Waals surface area contributed by atoms with E-state index in [4.69, 9.17) is 9.31 Å². The summed E-state index contributed by atoms with van der Waals surface area (Å²) in [6.07, 6.45) is 0.224. The number of halogens is 1. The highest BCUT2D eigenvalue weighted by atomic mass is 19.1. The molecule has 0 atom stereocenters. The van der Waals surface area contributed by atoms with Crippen molar-refractivity contribution < 1.29 is 23.3 Å². The predicted molar refractivity (Wildman–Crippen MR) is 96.3 cm³/mol. The van der Waals surface area contributed by atoms with Gasteiger partial charge in [-0.15, -0.1) is 0 Å². The van der Waals surface area contributed by atoms with Crippen molar-refractivity contribution in [2.24, 2.45) is 0 Å². The monoisotopic (exact) mass is 359 g/mol. The van der Waals surface area contributed by atoms with Crippen molar-refractivity contribution in [2.45, 2.75) is 52.2 Å². The topological polar surface area (TPSA) is 55.8 Å². The van der Waals surface area contributed by atoms with Crippen molar-refractivity contribution in [2.75, 3.05) is 6.54 Å². The Kier molecular flexibility index (Phi) is 4.57. The normalized spacial score (nSPS) is 21.9. The second-order valence-corrected chi connectivity index (χ2v) is 7.77. The molecule has 0 radical (unpaired) electrons. The number of imide groups is 1. The van der Waals surface area contributed by atoms with E-state index in [0.29, 0.717) is 16.7 Å². The summed E-state index contributed by atoms with van der Waals surface area (Å²) in [6.45, 7) is 9.16. The molecule has 1 saturated heterocycles. The van der Waals surface area contributed by atoms with E-state index in [1.54, 1.807) is 31.2 Å². The average molecular weight is 359 g/mol. The second-order valence-electron chi connectivity index (χ2n) is 7.77. The Morgan fingerprint density at radius 2 is 1.50 bits per heavy atom. The van der Waals surface area contributed by atoms with E-state index in [2.05, 4.69) is 0 Å². The molecule has 0 bridgehead atoms. The number of carbonyl (C=O) groups is 2. The molecule has 0 unspecified atom stereocenters. The summed E-state index contributed by atoms with van der Waals surface area (Å²) >= 11 is 0. The first kappa shape index (κ1) is 18.8. The highest BCUT2D eigenvalue weighted by Gasteiger charge is 2.53. The minimum absolute atomic E-state index is 0.116. The number of carbonyl (C=O) groups excluding carboxylic acids is 2. The third kappa shape index (κ3) is 2.99. The van der Waals surface area contributed by atoms with E-state index in [-0.39, 0.29) is 24.8 Å². The number of hydrogen-bond acceptors (Lipinski definition) is 4. The summed E-state index contributed by atoms with van der Waals surface area (Å²) in [5.41, 5.74) is -0.563. The van der Waals surface area contributed by atoms with Crippen molar-refractivity contribution >= 4 is 18.9 Å². The van der Waals surface area contributed by atoms with E-state index in [9.17, 15) is 14.0 Å². The Labute approximate surface area is 153 Å². The number of rotatable bonds is 4. The smallest absolute Gasteiger partial charge is 0.398 e. The molecule has 2 aliphatic rings. The maximum Gasteiger partial charge on any atom is 0.525 e. The van der Waals surface area contributed by atoms with Crippen molar-refractivity contribution in [1.82, 2.24) is 4.90 Å². The Hall–Kier alpha value is -1.99. The quantitative estimate of drug-likeness (QED) is 0.610. The SMILES string of the molecule is CC(CCN1C(=O)c2ccccc2C1=O)=C(F)B1OC(C)(C)C(C)(C)O1.